The SMILES string of the molecule is O=C1C=CCCN1C(=O)C=Cc1ccnnc1. The van der Waals surface area contributed by atoms with Crippen LogP contribution in [0.2, 0.25) is 0 Å². The van der Waals surface area contributed by atoms with E-state index in [1.54, 1.807) is 30.6 Å². The van der Waals surface area contributed by atoms with Gasteiger partial charge in [0.2, 0.25) is 0 Å². The highest BCUT2D eigenvalue weighted by Crippen LogP contribution is 2.05. The summed E-state index contributed by atoms with van der Waals surface area (Å²) in [5.74, 6) is -0.574. The zero-order valence-electron chi connectivity index (χ0n) is 9.11. The Morgan fingerprint density at radius 2 is 2.29 bits per heavy atom. The predicted octanol–water partition coefficient (Wildman–Crippen LogP) is 0.805. The summed E-state index contributed by atoms with van der Waals surface area (Å²) >= 11 is 0. The van der Waals surface area contributed by atoms with Crippen molar-refractivity contribution < 1.29 is 9.59 Å². The van der Waals surface area contributed by atoms with E-state index in [2.05, 4.69) is 10.2 Å². The summed E-state index contributed by atoms with van der Waals surface area (Å²) < 4.78 is 0. The van der Waals surface area contributed by atoms with Gasteiger partial charge < -0.3 is 0 Å². The minimum atomic E-state index is -0.309. The lowest BCUT2D eigenvalue weighted by atomic mass is 10.2. The van der Waals surface area contributed by atoms with Crippen molar-refractivity contribution in [2.75, 3.05) is 6.54 Å². The summed E-state index contributed by atoms with van der Waals surface area (Å²) in [7, 11) is 0. The normalized spacial score (nSPS) is 15.5. The van der Waals surface area contributed by atoms with Crippen molar-refractivity contribution in [3.63, 3.8) is 0 Å². The summed E-state index contributed by atoms with van der Waals surface area (Å²) in [4.78, 5) is 24.4. The van der Waals surface area contributed by atoms with Gasteiger partial charge in [0.05, 0.1) is 12.4 Å². The molecular weight excluding hydrogens is 218 g/mol. The Bertz CT molecular complexity index is 480. The first-order valence-electron chi connectivity index (χ1n) is 5.24. The molecule has 1 aromatic heterocycles. The highest BCUT2D eigenvalue weighted by Gasteiger charge is 2.18. The van der Waals surface area contributed by atoms with E-state index >= 15 is 0 Å². The first-order valence-corrected chi connectivity index (χ1v) is 5.24. The molecule has 5 nitrogen and oxygen atoms in total. The molecular formula is C12H11N3O2. The molecule has 2 rings (SSSR count). The van der Waals surface area contributed by atoms with Crippen molar-refractivity contribution in [1.82, 2.24) is 15.1 Å². The molecule has 0 aliphatic carbocycles. The van der Waals surface area contributed by atoms with Crippen LogP contribution in [0.5, 0.6) is 0 Å². The van der Waals surface area contributed by atoms with E-state index < -0.39 is 0 Å². The second-order valence-electron chi connectivity index (χ2n) is 3.53. The zero-order valence-corrected chi connectivity index (χ0v) is 9.11. The van der Waals surface area contributed by atoms with Gasteiger partial charge in [-0.05, 0) is 30.2 Å². The molecule has 0 unspecified atom stereocenters. The Kier molecular flexibility index (Phi) is 3.40. The third-order valence-corrected chi connectivity index (χ3v) is 2.34. The first kappa shape index (κ1) is 11.2. The molecule has 0 spiro atoms. The van der Waals surface area contributed by atoms with Crippen LogP contribution in [0.1, 0.15) is 12.0 Å². The molecule has 0 saturated carbocycles. The van der Waals surface area contributed by atoms with Crippen molar-refractivity contribution >= 4 is 17.9 Å². The molecule has 0 radical (unpaired) electrons. The lowest BCUT2D eigenvalue weighted by Crippen LogP contribution is -2.37. The maximum Gasteiger partial charge on any atom is 0.253 e. The Morgan fingerprint density at radius 1 is 1.41 bits per heavy atom. The van der Waals surface area contributed by atoms with Gasteiger partial charge >= 0.3 is 0 Å². The number of hydrogen-bond donors (Lipinski definition) is 0. The van der Waals surface area contributed by atoms with Gasteiger partial charge in [0.1, 0.15) is 0 Å². The summed E-state index contributed by atoms with van der Waals surface area (Å²) in [5.41, 5.74) is 0.772. The molecule has 0 fully saturated rings. The molecule has 0 atom stereocenters. The Balaban J connectivity index is 2.04. The molecule has 86 valence electrons. The Hall–Kier alpha value is -2.30. The highest BCUT2D eigenvalue weighted by atomic mass is 16.2. The number of nitrogens with zero attached hydrogens (tertiary/aromatic N) is 3. The van der Waals surface area contributed by atoms with Crippen LogP contribution in [0.25, 0.3) is 6.08 Å². The quantitative estimate of drug-likeness (QED) is 0.704. The van der Waals surface area contributed by atoms with Gasteiger partial charge in [-0.15, -0.1) is 0 Å². The van der Waals surface area contributed by atoms with Crippen LogP contribution < -0.4 is 0 Å². The molecule has 5 heteroatoms. The van der Waals surface area contributed by atoms with Crippen LogP contribution >= 0.6 is 0 Å². The lowest BCUT2D eigenvalue weighted by Gasteiger charge is -2.19. The van der Waals surface area contributed by atoms with Crippen LogP contribution in [0.4, 0.5) is 0 Å². The summed E-state index contributed by atoms with van der Waals surface area (Å²) in [6, 6.07) is 1.73. The van der Waals surface area contributed by atoms with E-state index in [0.717, 1.165) is 5.56 Å². The molecule has 1 aromatic rings. The van der Waals surface area contributed by atoms with Gasteiger partial charge in [0, 0.05) is 12.6 Å². The second-order valence-corrected chi connectivity index (χ2v) is 3.53. The molecule has 2 heterocycles. The molecule has 0 bridgehead atoms. The van der Waals surface area contributed by atoms with E-state index in [0.29, 0.717) is 13.0 Å². The second kappa shape index (κ2) is 5.16. The smallest absolute Gasteiger partial charge is 0.253 e. The molecule has 0 N–H and O–H groups in total. The lowest BCUT2D eigenvalue weighted by molar-refractivity contribution is -0.139. The van der Waals surface area contributed by atoms with E-state index in [-0.39, 0.29) is 11.8 Å². The maximum atomic E-state index is 11.7. The Labute approximate surface area is 98.5 Å². The summed E-state index contributed by atoms with van der Waals surface area (Å²) in [6.45, 7) is 0.438. The van der Waals surface area contributed by atoms with E-state index in [4.69, 9.17) is 0 Å². The van der Waals surface area contributed by atoms with E-state index in [1.807, 2.05) is 0 Å². The van der Waals surface area contributed by atoms with Crippen LogP contribution in [0.3, 0.4) is 0 Å². The van der Waals surface area contributed by atoms with Crippen LogP contribution in [0.15, 0.2) is 36.7 Å². The molecule has 0 aromatic carbocycles. The van der Waals surface area contributed by atoms with Crippen molar-refractivity contribution in [3.05, 3.63) is 42.3 Å². The minimum Gasteiger partial charge on any atom is -0.275 e. The van der Waals surface area contributed by atoms with Crippen molar-refractivity contribution in [1.29, 1.82) is 0 Å². The van der Waals surface area contributed by atoms with Gasteiger partial charge in [-0.2, -0.15) is 10.2 Å². The van der Waals surface area contributed by atoms with Gasteiger partial charge in [-0.3, -0.25) is 14.5 Å². The number of aromatic nitrogens is 2. The van der Waals surface area contributed by atoms with Crippen molar-refractivity contribution in [3.8, 4) is 0 Å². The molecule has 1 aliphatic heterocycles. The van der Waals surface area contributed by atoms with Crippen LogP contribution in [0, 0.1) is 0 Å². The van der Waals surface area contributed by atoms with Gasteiger partial charge in [-0.25, -0.2) is 0 Å². The number of carbonyl (C=O) groups excluding carboxylic acids is 2. The van der Waals surface area contributed by atoms with E-state index in [1.165, 1.54) is 17.1 Å². The monoisotopic (exact) mass is 229 g/mol. The molecule has 0 saturated heterocycles. The van der Waals surface area contributed by atoms with Crippen LogP contribution in [-0.4, -0.2) is 33.5 Å². The number of rotatable bonds is 2. The summed E-state index contributed by atoms with van der Waals surface area (Å²) in [6.07, 6.45) is 9.96. The Morgan fingerprint density at radius 3 is 3.00 bits per heavy atom. The third kappa shape index (κ3) is 2.84. The number of imide groups is 1. The number of amides is 2. The molecule has 2 amide bonds. The van der Waals surface area contributed by atoms with Crippen molar-refractivity contribution in [2.24, 2.45) is 0 Å². The molecule has 17 heavy (non-hydrogen) atoms. The van der Waals surface area contributed by atoms with Crippen molar-refractivity contribution in [2.45, 2.75) is 6.42 Å². The third-order valence-electron chi connectivity index (χ3n) is 2.34. The van der Waals surface area contributed by atoms with Gasteiger partial charge in [0.25, 0.3) is 11.8 Å². The topological polar surface area (TPSA) is 63.2 Å². The van der Waals surface area contributed by atoms with Crippen LogP contribution in [-0.2, 0) is 9.59 Å². The fourth-order valence-electron chi connectivity index (χ4n) is 1.46. The fraction of sp³-hybridized carbons (Fsp3) is 0.167. The largest absolute Gasteiger partial charge is 0.275 e. The average Bonchev–Trinajstić information content (AvgIpc) is 2.38. The average molecular weight is 229 g/mol. The minimum absolute atomic E-state index is 0.265. The number of carbonyl (C=O) groups is 2. The standard InChI is InChI=1S/C12H11N3O2/c16-11-3-1-2-8-15(11)12(17)5-4-10-6-7-13-14-9-10/h1,3-7,9H,2,8H2. The molecule has 1 aliphatic rings. The predicted molar refractivity (Wildman–Crippen MR) is 61.5 cm³/mol. The first-order chi connectivity index (χ1) is 8.27. The summed E-state index contributed by atoms with van der Waals surface area (Å²) in [5, 5.41) is 7.32. The zero-order chi connectivity index (χ0) is 12.1. The van der Waals surface area contributed by atoms with Gasteiger partial charge in [0.15, 0.2) is 0 Å². The highest BCUT2D eigenvalue weighted by molar-refractivity contribution is 6.06. The maximum absolute atomic E-state index is 11.7. The van der Waals surface area contributed by atoms with E-state index in [9.17, 15) is 9.59 Å². The van der Waals surface area contributed by atoms with Gasteiger partial charge in [-0.1, -0.05) is 6.08 Å². The number of hydrogen-bond acceptors (Lipinski definition) is 4. The fourth-order valence-corrected chi connectivity index (χ4v) is 1.46.